The van der Waals surface area contributed by atoms with Gasteiger partial charge >= 0.3 is 0 Å². The highest BCUT2D eigenvalue weighted by Crippen LogP contribution is 2.47. The summed E-state index contributed by atoms with van der Waals surface area (Å²) >= 11 is 0. The molecule has 1 aliphatic carbocycles. The lowest BCUT2D eigenvalue weighted by Crippen LogP contribution is -2.39. The lowest BCUT2D eigenvalue weighted by Gasteiger charge is -2.21. The van der Waals surface area contributed by atoms with Gasteiger partial charge < -0.3 is 9.32 Å². The van der Waals surface area contributed by atoms with Crippen LogP contribution < -0.4 is 0 Å². The van der Waals surface area contributed by atoms with Crippen molar-refractivity contribution >= 4 is 26.7 Å². The van der Waals surface area contributed by atoms with Crippen LogP contribution in [0.3, 0.4) is 0 Å². The third-order valence-electron chi connectivity index (χ3n) is 5.76. The van der Waals surface area contributed by atoms with Crippen molar-refractivity contribution in [2.75, 3.05) is 20.6 Å². The van der Waals surface area contributed by atoms with E-state index < -0.39 is 10.0 Å². The molecular formula is C23H26N2O4S. The van der Waals surface area contributed by atoms with Gasteiger partial charge in [-0.05, 0) is 47.4 Å². The van der Waals surface area contributed by atoms with E-state index in [-0.39, 0.29) is 17.3 Å². The number of amides is 1. The summed E-state index contributed by atoms with van der Waals surface area (Å²) in [5.74, 6) is 2.52. The molecule has 2 aromatic carbocycles. The molecule has 0 bridgehead atoms. The number of hydrogen-bond acceptors (Lipinski definition) is 4. The van der Waals surface area contributed by atoms with E-state index in [1.54, 1.807) is 25.2 Å². The predicted molar refractivity (Wildman–Crippen MR) is 115 cm³/mol. The highest BCUT2D eigenvalue weighted by Gasteiger charge is 2.36. The Morgan fingerprint density at radius 3 is 2.47 bits per heavy atom. The minimum absolute atomic E-state index is 0.174. The molecule has 0 unspecified atom stereocenters. The highest BCUT2D eigenvalue weighted by atomic mass is 32.2. The van der Waals surface area contributed by atoms with Crippen LogP contribution in [-0.2, 0) is 21.4 Å². The van der Waals surface area contributed by atoms with Gasteiger partial charge in [-0.1, -0.05) is 37.3 Å². The maximum absolute atomic E-state index is 12.9. The normalized spacial score (nSPS) is 18.7. The molecule has 1 amide bonds. The largest absolute Gasteiger partial charge is 0.464 e. The Labute approximate surface area is 177 Å². The molecule has 1 fully saturated rings. The fraction of sp³-hybridized carbons (Fsp3) is 0.348. The number of likely N-dealkylation sites (N-methyl/N-ethyl adjacent to an activating group) is 2. The first-order valence-electron chi connectivity index (χ1n) is 10.0. The van der Waals surface area contributed by atoms with E-state index in [2.05, 4.69) is 6.92 Å². The molecule has 1 saturated carbocycles. The van der Waals surface area contributed by atoms with Crippen LogP contribution in [0.2, 0.25) is 0 Å². The fourth-order valence-electron chi connectivity index (χ4n) is 3.62. The van der Waals surface area contributed by atoms with Crippen LogP contribution in [-0.4, -0.2) is 44.2 Å². The first-order chi connectivity index (χ1) is 14.3. The maximum atomic E-state index is 12.9. The van der Waals surface area contributed by atoms with E-state index >= 15 is 0 Å². The minimum atomic E-state index is -3.77. The maximum Gasteiger partial charge on any atom is 0.243 e. The number of sulfonamides is 1. The topological polar surface area (TPSA) is 70.8 Å². The second kappa shape index (κ2) is 7.89. The summed E-state index contributed by atoms with van der Waals surface area (Å²) in [4.78, 5) is 14.3. The summed E-state index contributed by atoms with van der Waals surface area (Å²) in [6.45, 7) is 2.26. The first kappa shape index (κ1) is 20.6. The van der Waals surface area contributed by atoms with Crippen LogP contribution >= 0.6 is 0 Å². The van der Waals surface area contributed by atoms with Gasteiger partial charge in [0.05, 0.1) is 18.0 Å². The second-order valence-electron chi connectivity index (χ2n) is 8.14. The Morgan fingerprint density at radius 1 is 1.07 bits per heavy atom. The SMILES string of the molecule is C[C@H]1C[C@@H]1c1ccc(CN(C)C(=O)CN(C)S(=O)(=O)c2ccc3ccccc3c2)o1. The molecule has 1 aromatic heterocycles. The smallest absolute Gasteiger partial charge is 0.243 e. The molecule has 30 heavy (non-hydrogen) atoms. The lowest BCUT2D eigenvalue weighted by molar-refractivity contribution is -0.130. The zero-order chi connectivity index (χ0) is 21.5. The molecule has 6 nitrogen and oxygen atoms in total. The number of fused-ring (bicyclic) bond motifs is 1. The van der Waals surface area contributed by atoms with Gasteiger partial charge in [0.1, 0.15) is 11.5 Å². The van der Waals surface area contributed by atoms with Gasteiger partial charge in [0.25, 0.3) is 0 Å². The molecule has 0 saturated heterocycles. The van der Waals surface area contributed by atoms with Crippen molar-refractivity contribution in [2.24, 2.45) is 5.92 Å². The van der Waals surface area contributed by atoms with Crippen molar-refractivity contribution in [2.45, 2.75) is 30.7 Å². The van der Waals surface area contributed by atoms with E-state index in [0.717, 1.165) is 27.3 Å². The van der Waals surface area contributed by atoms with Crippen LogP contribution in [0, 0.1) is 5.92 Å². The third kappa shape index (κ3) is 4.13. The van der Waals surface area contributed by atoms with Crippen molar-refractivity contribution in [1.29, 1.82) is 0 Å². The zero-order valence-electron chi connectivity index (χ0n) is 17.4. The van der Waals surface area contributed by atoms with Crippen molar-refractivity contribution < 1.29 is 17.6 Å². The highest BCUT2D eigenvalue weighted by molar-refractivity contribution is 7.89. The van der Waals surface area contributed by atoms with Crippen LogP contribution in [0.5, 0.6) is 0 Å². The molecule has 2 atom stereocenters. The molecule has 1 heterocycles. The molecule has 0 spiro atoms. The van der Waals surface area contributed by atoms with Crippen molar-refractivity contribution in [3.8, 4) is 0 Å². The quantitative estimate of drug-likeness (QED) is 0.576. The first-order valence-corrected chi connectivity index (χ1v) is 11.5. The van der Waals surface area contributed by atoms with E-state index in [1.807, 2.05) is 36.4 Å². The number of carbonyl (C=O) groups excluding carboxylic acids is 1. The number of benzene rings is 2. The Balaban J connectivity index is 1.41. The molecule has 4 rings (SSSR count). The van der Waals surface area contributed by atoms with Gasteiger partial charge in [-0.25, -0.2) is 8.42 Å². The zero-order valence-corrected chi connectivity index (χ0v) is 18.2. The van der Waals surface area contributed by atoms with Crippen LogP contribution in [0.25, 0.3) is 10.8 Å². The number of furan rings is 1. The number of rotatable bonds is 7. The van der Waals surface area contributed by atoms with E-state index in [4.69, 9.17) is 4.42 Å². The van der Waals surface area contributed by atoms with E-state index in [1.165, 1.54) is 11.9 Å². The third-order valence-corrected chi connectivity index (χ3v) is 7.56. The average Bonchev–Trinajstić information content (AvgIpc) is 3.28. The van der Waals surface area contributed by atoms with Gasteiger partial charge in [-0.2, -0.15) is 4.31 Å². The van der Waals surface area contributed by atoms with Crippen LogP contribution in [0.4, 0.5) is 0 Å². The van der Waals surface area contributed by atoms with Crippen molar-refractivity contribution in [1.82, 2.24) is 9.21 Å². The molecule has 0 radical (unpaired) electrons. The van der Waals surface area contributed by atoms with Crippen LogP contribution in [0.15, 0.2) is 63.9 Å². The molecule has 7 heteroatoms. The van der Waals surface area contributed by atoms with Gasteiger partial charge in [-0.3, -0.25) is 4.79 Å². The molecular weight excluding hydrogens is 400 g/mol. The molecule has 1 aliphatic rings. The van der Waals surface area contributed by atoms with Gasteiger partial charge in [0.2, 0.25) is 15.9 Å². The standard InChI is InChI=1S/C23H26N2O4S/c1-16-12-21(16)22-11-9-19(29-22)14-24(2)23(26)15-25(3)30(27,28)20-10-8-17-6-4-5-7-18(17)13-20/h4-11,13,16,21H,12,14-15H2,1-3H3/t16-,21-/m0/s1. The van der Waals surface area contributed by atoms with E-state index in [0.29, 0.717) is 24.1 Å². The average molecular weight is 427 g/mol. The summed E-state index contributed by atoms with van der Waals surface area (Å²) in [6, 6.07) is 16.4. The van der Waals surface area contributed by atoms with Gasteiger partial charge in [0.15, 0.2) is 0 Å². The van der Waals surface area contributed by atoms with Crippen molar-refractivity contribution in [3.63, 3.8) is 0 Å². The Morgan fingerprint density at radius 2 is 1.77 bits per heavy atom. The summed E-state index contributed by atoms with van der Waals surface area (Å²) in [5, 5.41) is 1.81. The Hall–Kier alpha value is -2.64. The summed E-state index contributed by atoms with van der Waals surface area (Å²) in [7, 11) is -0.695. The van der Waals surface area contributed by atoms with E-state index in [9.17, 15) is 13.2 Å². The molecule has 158 valence electrons. The fourth-order valence-corrected chi connectivity index (χ4v) is 4.78. The number of hydrogen-bond donors (Lipinski definition) is 0. The van der Waals surface area contributed by atoms with Gasteiger partial charge in [-0.15, -0.1) is 0 Å². The molecule has 3 aromatic rings. The van der Waals surface area contributed by atoms with Gasteiger partial charge in [0, 0.05) is 20.0 Å². The summed E-state index contributed by atoms with van der Waals surface area (Å²) < 4.78 is 32.8. The van der Waals surface area contributed by atoms with Crippen molar-refractivity contribution in [3.05, 3.63) is 66.1 Å². The summed E-state index contributed by atoms with van der Waals surface area (Å²) in [6.07, 6.45) is 1.14. The Kier molecular flexibility index (Phi) is 5.42. The Bertz CT molecular complexity index is 1180. The summed E-state index contributed by atoms with van der Waals surface area (Å²) in [5.41, 5.74) is 0. The monoisotopic (exact) mass is 426 g/mol. The predicted octanol–water partition coefficient (Wildman–Crippen LogP) is 3.84. The number of carbonyl (C=O) groups is 1. The van der Waals surface area contributed by atoms with Crippen LogP contribution in [0.1, 0.15) is 30.8 Å². The number of nitrogens with zero attached hydrogens (tertiary/aromatic N) is 2. The molecule has 0 N–H and O–H groups in total. The molecule has 0 aliphatic heterocycles. The second-order valence-corrected chi connectivity index (χ2v) is 10.2. The lowest BCUT2D eigenvalue weighted by atomic mass is 10.1. The minimum Gasteiger partial charge on any atom is -0.464 e.